The zero-order valence-electron chi connectivity index (χ0n) is 7.37. The highest BCUT2D eigenvalue weighted by Gasteiger charge is 2.47. The van der Waals surface area contributed by atoms with E-state index in [0.717, 1.165) is 13.8 Å². The lowest BCUT2D eigenvalue weighted by Crippen LogP contribution is -2.39. The van der Waals surface area contributed by atoms with Gasteiger partial charge in [0.1, 0.15) is 6.23 Å². The SMILES string of the molecule is CN[C@@H](O)CC(C)(C)C(F)(F)F. The number of hydrogen-bond donors (Lipinski definition) is 2. The second kappa shape index (κ2) is 3.62. The third kappa shape index (κ3) is 2.98. The summed E-state index contributed by atoms with van der Waals surface area (Å²) >= 11 is 0. The van der Waals surface area contributed by atoms with Crippen molar-refractivity contribution in [2.45, 2.75) is 32.7 Å². The third-order valence-electron chi connectivity index (χ3n) is 1.80. The molecule has 0 radical (unpaired) electrons. The van der Waals surface area contributed by atoms with Crippen LogP contribution < -0.4 is 5.32 Å². The van der Waals surface area contributed by atoms with E-state index in [2.05, 4.69) is 5.32 Å². The molecule has 0 aromatic rings. The summed E-state index contributed by atoms with van der Waals surface area (Å²) in [6.45, 7) is 2.13. The molecule has 0 saturated carbocycles. The smallest absolute Gasteiger partial charge is 0.379 e. The zero-order chi connectivity index (χ0) is 9.99. The molecule has 0 aromatic heterocycles. The molecular weight excluding hydrogens is 171 g/mol. The molecule has 0 heterocycles. The van der Waals surface area contributed by atoms with Crippen LogP contribution in [0, 0.1) is 5.41 Å². The molecule has 0 aliphatic rings. The monoisotopic (exact) mass is 185 g/mol. The van der Waals surface area contributed by atoms with Crippen LogP contribution in [0.4, 0.5) is 13.2 Å². The average molecular weight is 185 g/mol. The molecule has 0 spiro atoms. The van der Waals surface area contributed by atoms with Gasteiger partial charge in [-0.05, 0) is 7.05 Å². The summed E-state index contributed by atoms with van der Waals surface area (Å²) in [7, 11) is 1.41. The quantitative estimate of drug-likeness (QED) is 0.653. The van der Waals surface area contributed by atoms with Crippen molar-refractivity contribution < 1.29 is 18.3 Å². The summed E-state index contributed by atoms with van der Waals surface area (Å²) in [6.07, 6.45) is -5.72. The number of hydrogen-bond acceptors (Lipinski definition) is 2. The van der Waals surface area contributed by atoms with Crippen molar-refractivity contribution in [2.75, 3.05) is 7.05 Å². The summed E-state index contributed by atoms with van der Waals surface area (Å²) in [6, 6.07) is 0. The molecule has 0 rings (SSSR count). The van der Waals surface area contributed by atoms with E-state index < -0.39 is 17.8 Å². The van der Waals surface area contributed by atoms with Crippen molar-refractivity contribution in [3.63, 3.8) is 0 Å². The van der Waals surface area contributed by atoms with E-state index >= 15 is 0 Å². The van der Waals surface area contributed by atoms with Crippen LogP contribution in [-0.2, 0) is 0 Å². The van der Waals surface area contributed by atoms with Gasteiger partial charge in [-0.25, -0.2) is 0 Å². The normalized spacial score (nSPS) is 16.2. The Labute approximate surface area is 69.8 Å². The molecule has 0 bridgehead atoms. The first-order valence-electron chi connectivity index (χ1n) is 3.63. The largest absolute Gasteiger partial charge is 0.394 e. The van der Waals surface area contributed by atoms with Gasteiger partial charge in [-0.1, -0.05) is 13.8 Å². The number of aliphatic hydroxyl groups is 1. The molecule has 0 saturated heterocycles. The number of nitrogens with one attached hydrogen (secondary N) is 1. The van der Waals surface area contributed by atoms with E-state index in [1.54, 1.807) is 0 Å². The minimum atomic E-state index is -4.27. The molecule has 5 heteroatoms. The Morgan fingerprint density at radius 1 is 1.33 bits per heavy atom. The highest BCUT2D eigenvalue weighted by molar-refractivity contribution is 4.79. The van der Waals surface area contributed by atoms with Gasteiger partial charge in [-0.3, -0.25) is 5.32 Å². The molecule has 0 unspecified atom stereocenters. The van der Waals surface area contributed by atoms with E-state index in [4.69, 9.17) is 5.11 Å². The predicted molar refractivity (Wildman–Crippen MR) is 39.5 cm³/mol. The molecule has 0 aliphatic heterocycles. The van der Waals surface area contributed by atoms with E-state index in [-0.39, 0.29) is 6.42 Å². The predicted octanol–water partition coefficient (Wildman–Crippen LogP) is 1.50. The molecule has 74 valence electrons. The first kappa shape index (κ1) is 11.7. The van der Waals surface area contributed by atoms with Gasteiger partial charge >= 0.3 is 6.18 Å². The fourth-order valence-electron chi connectivity index (χ4n) is 0.701. The first-order chi connectivity index (χ1) is 5.20. The topological polar surface area (TPSA) is 32.3 Å². The van der Waals surface area contributed by atoms with Crippen molar-refractivity contribution in [3.05, 3.63) is 0 Å². The Kier molecular flexibility index (Phi) is 3.53. The van der Waals surface area contributed by atoms with Crippen LogP contribution >= 0.6 is 0 Å². The van der Waals surface area contributed by atoms with E-state index in [0.29, 0.717) is 0 Å². The van der Waals surface area contributed by atoms with E-state index in [1.807, 2.05) is 0 Å². The van der Waals surface area contributed by atoms with Gasteiger partial charge in [0.2, 0.25) is 0 Å². The third-order valence-corrected chi connectivity index (χ3v) is 1.80. The van der Waals surface area contributed by atoms with Crippen LogP contribution in [0.3, 0.4) is 0 Å². The maximum absolute atomic E-state index is 12.2. The minimum absolute atomic E-state index is 0.340. The first-order valence-corrected chi connectivity index (χ1v) is 3.63. The summed E-state index contributed by atoms with van der Waals surface area (Å²) in [5, 5.41) is 11.3. The van der Waals surface area contributed by atoms with Gasteiger partial charge in [0.25, 0.3) is 0 Å². The lowest BCUT2D eigenvalue weighted by atomic mass is 9.88. The molecule has 2 N–H and O–H groups in total. The number of aliphatic hydroxyl groups excluding tert-OH is 1. The van der Waals surface area contributed by atoms with Crippen molar-refractivity contribution in [1.82, 2.24) is 5.32 Å². The fourth-order valence-corrected chi connectivity index (χ4v) is 0.701. The Bertz CT molecular complexity index is 144. The van der Waals surface area contributed by atoms with Gasteiger partial charge in [-0.2, -0.15) is 13.2 Å². The van der Waals surface area contributed by atoms with Crippen LogP contribution in [0.2, 0.25) is 0 Å². The van der Waals surface area contributed by atoms with Gasteiger partial charge in [-0.15, -0.1) is 0 Å². The standard InChI is InChI=1S/C7H14F3NO/c1-6(2,7(8,9)10)4-5(12)11-3/h5,11-12H,4H2,1-3H3/t5-/m0/s1. The van der Waals surface area contributed by atoms with Crippen LogP contribution in [0.5, 0.6) is 0 Å². The van der Waals surface area contributed by atoms with Crippen LogP contribution in [0.25, 0.3) is 0 Å². The Balaban J connectivity index is 4.22. The van der Waals surface area contributed by atoms with Crippen LogP contribution in [-0.4, -0.2) is 24.6 Å². The molecule has 0 aromatic carbocycles. The summed E-state index contributed by atoms with van der Waals surface area (Å²) in [4.78, 5) is 0. The summed E-state index contributed by atoms with van der Waals surface area (Å²) in [5.41, 5.74) is -1.85. The number of alkyl halides is 3. The van der Waals surface area contributed by atoms with Gasteiger partial charge in [0.05, 0.1) is 5.41 Å². The van der Waals surface area contributed by atoms with Gasteiger partial charge in [0.15, 0.2) is 0 Å². The summed E-state index contributed by atoms with van der Waals surface area (Å²) in [5.74, 6) is 0. The fraction of sp³-hybridized carbons (Fsp3) is 1.00. The van der Waals surface area contributed by atoms with Crippen molar-refractivity contribution in [3.8, 4) is 0 Å². The van der Waals surface area contributed by atoms with Crippen molar-refractivity contribution >= 4 is 0 Å². The lowest BCUT2D eigenvalue weighted by molar-refractivity contribution is -0.220. The minimum Gasteiger partial charge on any atom is -0.379 e. The Morgan fingerprint density at radius 3 is 2.00 bits per heavy atom. The molecule has 1 atom stereocenters. The zero-order valence-corrected chi connectivity index (χ0v) is 7.37. The molecule has 0 aliphatic carbocycles. The van der Waals surface area contributed by atoms with Gasteiger partial charge < -0.3 is 5.11 Å². The Hall–Kier alpha value is -0.290. The van der Waals surface area contributed by atoms with Crippen molar-refractivity contribution in [2.24, 2.45) is 5.41 Å². The van der Waals surface area contributed by atoms with Gasteiger partial charge in [0, 0.05) is 6.42 Å². The number of rotatable bonds is 3. The highest BCUT2D eigenvalue weighted by Crippen LogP contribution is 2.40. The highest BCUT2D eigenvalue weighted by atomic mass is 19.4. The molecular formula is C7H14F3NO. The second-order valence-corrected chi connectivity index (χ2v) is 3.39. The average Bonchev–Trinajstić information content (AvgIpc) is 1.84. The molecule has 12 heavy (non-hydrogen) atoms. The maximum Gasteiger partial charge on any atom is 0.394 e. The number of halogens is 3. The molecule has 2 nitrogen and oxygen atoms in total. The molecule has 0 amide bonds. The Morgan fingerprint density at radius 2 is 1.75 bits per heavy atom. The second-order valence-electron chi connectivity index (χ2n) is 3.39. The van der Waals surface area contributed by atoms with Crippen LogP contribution in [0.15, 0.2) is 0 Å². The van der Waals surface area contributed by atoms with Crippen molar-refractivity contribution in [1.29, 1.82) is 0 Å². The lowest BCUT2D eigenvalue weighted by Gasteiger charge is -2.29. The molecule has 0 fully saturated rings. The maximum atomic E-state index is 12.2. The summed E-state index contributed by atoms with van der Waals surface area (Å²) < 4.78 is 36.6. The van der Waals surface area contributed by atoms with E-state index in [9.17, 15) is 13.2 Å². The van der Waals surface area contributed by atoms with E-state index in [1.165, 1.54) is 7.05 Å². The van der Waals surface area contributed by atoms with Crippen LogP contribution in [0.1, 0.15) is 20.3 Å².